The highest BCUT2D eigenvalue weighted by atomic mass is 32.1. The van der Waals surface area contributed by atoms with Crippen molar-refractivity contribution < 1.29 is 14.3 Å². The zero-order valence-electron chi connectivity index (χ0n) is 16.4. The second kappa shape index (κ2) is 7.21. The van der Waals surface area contributed by atoms with Crippen LogP contribution in [0.5, 0.6) is 5.75 Å². The molecule has 0 radical (unpaired) electrons. The van der Waals surface area contributed by atoms with E-state index in [9.17, 15) is 9.59 Å². The largest absolute Gasteiger partial charge is 0.487 e. The molecule has 1 unspecified atom stereocenters. The molecule has 0 saturated heterocycles. The van der Waals surface area contributed by atoms with Crippen molar-refractivity contribution in [3.05, 3.63) is 70.3 Å². The zero-order valence-corrected chi connectivity index (χ0v) is 17.2. The van der Waals surface area contributed by atoms with Crippen LogP contribution in [0.3, 0.4) is 0 Å². The predicted molar refractivity (Wildman–Crippen MR) is 113 cm³/mol. The Kier molecular flexibility index (Phi) is 4.51. The monoisotopic (exact) mass is 420 g/mol. The molecule has 1 aliphatic carbocycles. The van der Waals surface area contributed by atoms with E-state index in [1.165, 1.54) is 21.8 Å². The van der Waals surface area contributed by atoms with Gasteiger partial charge in [-0.2, -0.15) is 0 Å². The van der Waals surface area contributed by atoms with Gasteiger partial charge >= 0.3 is 0 Å². The molecule has 7 nitrogen and oxygen atoms in total. The fourth-order valence-electron chi connectivity index (χ4n) is 3.81. The summed E-state index contributed by atoms with van der Waals surface area (Å²) in [4.78, 5) is 36.7. The van der Waals surface area contributed by atoms with Crippen molar-refractivity contribution in [3.8, 4) is 5.75 Å². The molecule has 1 saturated carbocycles. The van der Waals surface area contributed by atoms with Crippen LogP contribution in [0.25, 0.3) is 0 Å². The molecule has 152 valence electrons. The van der Waals surface area contributed by atoms with Crippen LogP contribution in [0.2, 0.25) is 0 Å². The number of amides is 2. The summed E-state index contributed by atoms with van der Waals surface area (Å²) >= 11 is 1.39. The minimum absolute atomic E-state index is 0.0355. The van der Waals surface area contributed by atoms with Gasteiger partial charge in [-0.25, -0.2) is 9.97 Å². The van der Waals surface area contributed by atoms with Crippen LogP contribution < -0.4 is 15.0 Å². The fourth-order valence-corrected chi connectivity index (χ4v) is 4.90. The Bertz CT molecular complexity index is 1110. The van der Waals surface area contributed by atoms with Crippen molar-refractivity contribution in [2.45, 2.75) is 24.3 Å². The number of pyridine rings is 1. The van der Waals surface area contributed by atoms with Gasteiger partial charge in [0.1, 0.15) is 12.6 Å². The van der Waals surface area contributed by atoms with Gasteiger partial charge in [0, 0.05) is 29.7 Å². The van der Waals surface area contributed by atoms with Gasteiger partial charge in [-0.05, 0) is 30.5 Å². The second-order valence-electron chi connectivity index (χ2n) is 7.54. The number of benzene rings is 1. The number of thiazole rings is 1. The summed E-state index contributed by atoms with van der Waals surface area (Å²) in [5, 5.41) is 3.13. The molecular formula is C22H20N4O3S. The van der Waals surface area contributed by atoms with Crippen molar-refractivity contribution in [3.63, 3.8) is 0 Å². The van der Waals surface area contributed by atoms with E-state index in [2.05, 4.69) is 27.4 Å². The molecule has 0 bridgehead atoms. The van der Waals surface area contributed by atoms with Gasteiger partial charge in [-0.1, -0.05) is 30.3 Å². The first-order chi connectivity index (χ1) is 14.6. The summed E-state index contributed by atoms with van der Waals surface area (Å²) in [5.74, 6) is 0.305. The Morgan fingerprint density at radius 1 is 1.20 bits per heavy atom. The number of fused-ring (bicyclic) bond motifs is 1. The topological polar surface area (TPSA) is 84.4 Å². The Hall–Kier alpha value is -3.26. The van der Waals surface area contributed by atoms with Gasteiger partial charge in [0.25, 0.3) is 11.8 Å². The lowest BCUT2D eigenvalue weighted by Crippen LogP contribution is -2.49. The van der Waals surface area contributed by atoms with Gasteiger partial charge < -0.3 is 10.1 Å². The van der Waals surface area contributed by atoms with Crippen LogP contribution >= 0.6 is 11.3 Å². The molecule has 1 aromatic carbocycles. The van der Waals surface area contributed by atoms with Crippen molar-refractivity contribution in [1.29, 1.82) is 0 Å². The van der Waals surface area contributed by atoms with Crippen LogP contribution in [0, 0.1) is 0 Å². The predicted octanol–water partition coefficient (Wildman–Crippen LogP) is 2.77. The molecule has 30 heavy (non-hydrogen) atoms. The van der Waals surface area contributed by atoms with Gasteiger partial charge in [0.2, 0.25) is 0 Å². The third-order valence-corrected chi connectivity index (χ3v) is 6.86. The Morgan fingerprint density at radius 3 is 2.77 bits per heavy atom. The number of rotatable bonds is 4. The fraction of sp³-hybridized carbons (Fsp3) is 0.273. The van der Waals surface area contributed by atoms with Gasteiger partial charge in [-0.15, -0.1) is 11.3 Å². The summed E-state index contributed by atoms with van der Waals surface area (Å²) in [5.41, 5.74) is 1.21. The highest BCUT2D eigenvalue weighted by Crippen LogP contribution is 2.54. The molecule has 2 aliphatic rings. The standard InChI is InChI=1S/C22H20N4O3S/c1-26-18-16(8-5-11-23-18)29-13-15(21(26)28)25-19(27)20-24-12-17(30-20)22(9-10-22)14-6-3-2-4-7-14/h2-8,11-12,15H,9-10,13H2,1H3,(H,25,27). The summed E-state index contributed by atoms with van der Waals surface area (Å²) < 4.78 is 5.71. The first-order valence-corrected chi connectivity index (χ1v) is 10.6. The average molecular weight is 420 g/mol. The molecule has 1 N–H and O–H groups in total. The van der Waals surface area contributed by atoms with Crippen molar-refractivity contribution in [2.75, 3.05) is 18.6 Å². The highest BCUT2D eigenvalue weighted by molar-refractivity contribution is 7.13. The number of likely N-dealkylation sites (N-methyl/N-ethyl adjacent to an activating group) is 1. The van der Waals surface area contributed by atoms with Crippen LogP contribution in [0.1, 0.15) is 33.1 Å². The van der Waals surface area contributed by atoms with E-state index in [0.717, 1.165) is 17.7 Å². The minimum Gasteiger partial charge on any atom is -0.487 e. The van der Waals surface area contributed by atoms with E-state index in [1.807, 2.05) is 18.2 Å². The van der Waals surface area contributed by atoms with E-state index in [1.54, 1.807) is 31.6 Å². The molecule has 1 fully saturated rings. The van der Waals surface area contributed by atoms with E-state index in [0.29, 0.717) is 16.6 Å². The first kappa shape index (κ1) is 18.7. The smallest absolute Gasteiger partial charge is 0.281 e. The van der Waals surface area contributed by atoms with E-state index >= 15 is 0 Å². The lowest BCUT2D eigenvalue weighted by Gasteiger charge is -2.19. The molecule has 3 heterocycles. The summed E-state index contributed by atoms with van der Waals surface area (Å²) in [6.07, 6.45) is 5.48. The maximum atomic E-state index is 12.8. The molecular weight excluding hydrogens is 400 g/mol. The maximum Gasteiger partial charge on any atom is 0.281 e. The number of nitrogens with zero attached hydrogens (tertiary/aromatic N) is 3. The molecule has 8 heteroatoms. The zero-order chi connectivity index (χ0) is 20.7. The second-order valence-corrected chi connectivity index (χ2v) is 8.57. The average Bonchev–Trinajstić information content (AvgIpc) is 3.47. The lowest BCUT2D eigenvalue weighted by atomic mass is 9.95. The molecule has 1 aliphatic heterocycles. The molecule has 0 spiro atoms. The Balaban J connectivity index is 1.33. The van der Waals surface area contributed by atoms with Crippen molar-refractivity contribution >= 4 is 29.0 Å². The number of anilines is 1. The third-order valence-electron chi connectivity index (χ3n) is 5.66. The summed E-state index contributed by atoms with van der Waals surface area (Å²) in [6.45, 7) is 0.0415. The lowest BCUT2D eigenvalue weighted by molar-refractivity contribution is -0.120. The molecule has 5 rings (SSSR count). The SMILES string of the molecule is CN1C(=O)C(NC(=O)c2ncc(C3(c4ccccc4)CC3)s2)COc2cccnc21. The molecule has 2 aromatic heterocycles. The molecule has 3 aromatic rings. The van der Waals surface area contributed by atoms with Crippen molar-refractivity contribution in [2.24, 2.45) is 0 Å². The summed E-state index contributed by atoms with van der Waals surface area (Å²) in [6, 6.07) is 13.0. The van der Waals surface area contributed by atoms with Crippen LogP contribution in [-0.2, 0) is 10.2 Å². The van der Waals surface area contributed by atoms with E-state index < -0.39 is 6.04 Å². The van der Waals surface area contributed by atoms with Gasteiger partial charge in [0.15, 0.2) is 16.6 Å². The number of nitrogens with one attached hydrogen (secondary N) is 1. The molecule has 2 amide bonds. The number of carbonyl (C=O) groups is 2. The number of hydrogen-bond acceptors (Lipinski definition) is 6. The number of carbonyl (C=O) groups excluding carboxylic acids is 2. The van der Waals surface area contributed by atoms with Crippen LogP contribution in [0.15, 0.2) is 54.9 Å². The van der Waals surface area contributed by atoms with Crippen LogP contribution in [0.4, 0.5) is 5.82 Å². The van der Waals surface area contributed by atoms with Gasteiger partial charge in [0.05, 0.1) is 0 Å². The highest BCUT2D eigenvalue weighted by Gasteiger charge is 2.47. The Labute approximate surface area is 177 Å². The number of hydrogen-bond donors (Lipinski definition) is 1. The maximum absolute atomic E-state index is 12.8. The number of aromatic nitrogens is 2. The third kappa shape index (κ3) is 3.13. The molecule has 1 atom stereocenters. The first-order valence-electron chi connectivity index (χ1n) is 9.76. The van der Waals surface area contributed by atoms with E-state index in [-0.39, 0.29) is 23.8 Å². The Morgan fingerprint density at radius 2 is 2.00 bits per heavy atom. The normalized spacial score (nSPS) is 19.4. The van der Waals surface area contributed by atoms with Crippen LogP contribution in [-0.4, -0.2) is 41.5 Å². The van der Waals surface area contributed by atoms with E-state index in [4.69, 9.17) is 4.74 Å². The minimum atomic E-state index is -0.812. The summed E-state index contributed by atoms with van der Waals surface area (Å²) in [7, 11) is 1.63. The van der Waals surface area contributed by atoms with Crippen molar-refractivity contribution in [1.82, 2.24) is 15.3 Å². The quantitative estimate of drug-likeness (QED) is 0.702. The number of ether oxygens (including phenoxy) is 1. The van der Waals surface area contributed by atoms with Gasteiger partial charge in [-0.3, -0.25) is 14.5 Å².